The number of nitrogens with zero attached hydrogens (tertiary/aromatic N) is 2. The largest absolute Gasteiger partial charge is 0.494 e. The van der Waals surface area contributed by atoms with E-state index < -0.39 is 0 Å². The van der Waals surface area contributed by atoms with Crippen LogP contribution >= 0.6 is 0 Å². The van der Waals surface area contributed by atoms with Crippen LogP contribution < -0.4 is 14.8 Å². The topological polar surface area (TPSA) is 80.8 Å². The van der Waals surface area contributed by atoms with Gasteiger partial charge < -0.3 is 19.7 Å². The van der Waals surface area contributed by atoms with Crippen LogP contribution in [0.4, 0.5) is 0 Å². The molecule has 1 fully saturated rings. The molecular formula is C26H27N3O4. The molecule has 2 aliphatic heterocycles. The van der Waals surface area contributed by atoms with Crippen molar-refractivity contribution in [3.8, 4) is 22.6 Å². The zero-order chi connectivity index (χ0) is 22.9. The first-order chi connectivity index (χ1) is 16.0. The molecule has 0 bridgehead atoms. The Balaban J connectivity index is 1.47. The van der Waals surface area contributed by atoms with Gasteiger partial charge in [0.2, 0.25) is 11.8 Å². The van der Waals surface area contributed by atoms with Gasteiger partial charge >= 0.3 is 0 Å². The van der Waals surface area contributed by atoms with Gasteiger partial charge in [0.15, 0.2) is 0 Å². The molecule has 1 atom stereocenters. The monoisotopic (exact) mass is 445 g/mol. The molecule has 0 aliphatic carbocycles. The molecule has 2 amide bonds. The van der Waals surface area contributed by atoms with Gasteiger partial charge in [0.1, 0.15) is 17.0 Å². The Bertz CT molecular complexity index is 1240. The lowest BCUT2D eigenvalue weighted by Crippen LogP contribution is -2.40. The fraction of sp³-hybridized carbons (Fsp3) is 0.346. The average molecular weight is 446 g/mol. The van der Waals surface area contributed by atoms with Crippen molar-refractivity contribution in [2.45, 2.75) is 32.2 Å². The molecule has 33 heavy (non-hydrogen) atoms. The van der Waals surface area contributed by atoms with Crippen molar-refractivity contribution in [1.29, 1.82) is 0 Å². The van der Waals surface area contributed by atoms with E-state index >= 15 is 0 Å². The second-order valence-electron chi connectivity index (χ2n) is 8.59. The number of methoxy groups -OCH3 is 1. The number of aryl methyl sites for hydroxylation is 1. The van der Waals surface area contributed by atoms with Crippen LogP contribution in [0.2, 0.25) is 0 Å². The summed E-state index contributed by atoms with van der Waals surface area (Å²) >= 11 is 0. The van der Waals surface area contributed by atoms with Crippen LogP contribution in [0.5, 0.6) is 11.5 Å². The Morgan fingerprint density at radius 1 is 1.24 bits per heavy atom. The van der Waals surface area contributed by atoms with Crippen LogP contribution in [0, 0.1) is 6.92 Å². The number of benzene rings is 2. The lowest BCUT2D eigenvalue weighted by Gasteiger charge is -2.28. The minimum Gasteiger partial charge on any atom is -0.494 e. The summed E-state index contributed by atoms with van der Waals surface area (Å²) < 4.78 is 11.4. The maximum atomic E-state index is 12.7. The predicted molar refractivity (Wildman–Crippen MR) is 125 cm³/mol. The van der Waals surface area contributed by atoms with Gasteiger partial charge in [-0.15, -0.1) is 0 Å². The molecule has 170 valence electrons. The van der Waals surface area contributed by atoms with Crippen molar-refractivity contribution in [2.24, 2.45) is 0 Å². The van der Waals surface area contributed by atoms with Crippen molar-refractivity contribution in [3.05, 3.63) is 53.7 Å². The van der Waals surface area contributed by atoms with E-state index in [-0.39, 0.29) is 24.4 Å². The number of hydrogen-bond acceptors (Lipinski definition) is 5. The highest BCUT2D eigenvalue weighted by atomic mass is 16.5. The van der Waals surface area contributed by atoms with Gasteiger partial charge in [-0.1, -0.05) is 12.1 Å². The number of aromatic nitrogens is 1. The molecule has 0 spiro atoms. The van der Waals surface area contributed by atoms with Gasteiger partial charge in [0.05, 0.1) is 26.3 Å². The Morgan fingerprint density at radius 3 is 2.91 bits per heavy atom. The van der Waals surface area contributed by atoms with Crippen molar-refractivity contribution < 1.29 is 19.1 Å². The Morgan fingerprint density at radius 2 is 2.12 bits per heavy atom. The Labute approximate surface area is 192 Å². The van der Waals surface area contributed by atoms with Gasteiger partial charge in [-0.25, -0.2) is 4.98 Å². The van der Waals surface area contributed by atoms with E-state index in [1.54, 1.807) is 12.0 Å². The lowest BCUT2D eigenvalue weighted by atomic mass is 9.93. The first kappa shape index (κ1) is 21.2. The number of carbonyl (C=O) groups is 2. The van der Waals surface area contributed by atoms with Crippen LogP contribution in [0.1, 0.15) is 36.6 Å². The summed E-state index contributed by atoms with van der Waals surface area (Å²) in [6.07, 6.45) is 2.03. The van der Waals surface area contributed by atoms with Crippen LogP contribution in [-0.4, -0.2) is 48.5 Å². The number of rotatable bonds is 5. The van der Waals surface area contributed by atoms with Crippen molar-refractivity contribution >= 4 is 22.7 Å². The zero-order valence-electron chi connectivity index (χ0n) is 18.9. The summed E-state index contributed by atoms with van der Waals surface area (Å²) in [5.74, 6) is 1.43. The number of carbonyl (C=O) groups excluding carboxylic acids is 2. The number of nitrogens with one attached hydrogen (secondary N) is 1. The van der Waals surface area contributed by atoms with Gasteiger partial charge in [-0.3, -0.25) is 9.59 Å². The quantitative estimate of drug-likeness (QED) is 0.647. The first-order valence-corrected chi connectivity index (χ1v) is 11.3. The molecule has 2 aliphatic rings. The number of likely N-dealkylation sites (tertiary alicyclic amines) is 1. The Hall–Kier alpha value is -3.61. The molecule has 0 radical (unpaired) electrons. The fourth-order valence-corrected chi connectivity index (χ4v) is 4.70. The second-order valence-corrected chi connectivity index (χ2v) is 8.59. The van der Waals surface area contributed by atoms with Gasteiger partial charge in [0.25, 0.3) is 0 Å². The third-order valence-electron chi connectivity index (χ3n) is 6.38. The van der Waals surface area contributed by atoms with E-state index in [1.165, 1.54) is 0 Å². The fourth-order valence-electron chi connectivity index (χ4n) is 4.70. The molecule has 0 saturated carbocycles. The highest BCUT2D eigenvalue weighted by molar-refractivity contribution is 5.98. The van der Waals surface area contributed by atoms with E-state index in [2.05, 4.69) is 17.4 Å². The number of ether oxygens (including phenoxy) is 2. The third kappa shape index (κ3) is 4.11. The molecular weight excluding hydrogens is 418 g/mol. The lowest BCUT2D eigenvalue weighted by molar-refractivity contribution is -0.133. The normalized spacial score (nSPS) is 17.6. The average Bonchev–Trinajstić information content (AvgIpc) is 3.22. The molecule has 7 heteroatoms. The van der Waals surface area contributed by atoms with Crippen molar-refractivity contribution in [2.75, 3.05) is 26.8 Å². The van der Waals surface area contributed by atoms with Crippen LogP contribution in [-0.2, 0) is 9.59 Å². The Kier molecular flexibility index (Phi) is 5.62. The molecule has 1 unspecified atom stereocenters. The first-order valence-electron chi connectivity index (χ1n) is 11.3. The summed E-state index contributed by atoms with van der Waals surface area (Å²) in [6.45, 7) is 3.26. The highest BCUT2D eigenvalue weighted by Crippen LogP contribution is 2.39. The maximum absolute atomic E-state index is 12.7. The number of pyridine rings is 1. The number of fused-ring (bicyclic) bond motifs is 2. The van der Waals surface area contributed by atoms with Crippen molar-refractivity contribution in [3.63, 3.8) is 0 Å². The molecule has 1 aromatic heterocycles. The molecule has 5 rings (SSSR count). The van der Waals surface area contributed by atoms with Gasteiger partial charge in [-0.05, 0) is 54.8 Å². The highest BCUT2D eigenvalue weighted by Gasteiger charge is 2.27. The van der Waals surface area contributed by atoms with Crippen LogP contribution in [0.15, 0.2) is 42.5 Å². The SMILES string of the molecule is COc1ccc(-c2ccc3c(c2)C(NC(=O)CN2CCCC2=O)CCO3)c2ccc(C)nc12. The van der Waals surface area contributed by atoms with E-state index in [1.807, 2.05) is 37.3 Å². The van der Waals surface area contributed by atoms with Gasteiger partial charge in [0, 0.05) is 36.0 Å². The number of hydrogen-bond donors (Lipinski definition) is 1. The molecule has 1 N–H and O–H groups in total. The van der Waals surface area contributed by atoms with Gasteiger partial charge in [-0.2, -0.15) is 0 Å². The van der Waals surface area contributed by atoms with Crippen LogP contribution in [0.3, 0.4) is 0 Å². The molecule has 1 saturated heterocycles. The summed E-state index contributed by atoms with van der Waals surface area (Å²) in [6, 6.07) is 14.0. The van der Waals surface area contributed by atoms with E-state index in [0.29, 0.717) is 26.0 Å². The third-order valence-corrected chi connectivity index (χ3v) is 6.38. The molecule has 2 aromatic carbocycles. The van der Waals surface area contributed by atoms with E-state index in [4.69, 9.17) is 14.5 Å². The minimum atomic E-state index is -0.163. The molecule has 3 aromatic rings. The van der Waals surface area contributed by atoms with Crippen molar-refractivity contribution in [1.82, 2.24) is 15.2 Å². The van der Waals surface area contributed by atoms with E-state index in [9.17, 15) is 9.59 Å². The molecule has 7 nitrogen and oxygen atoms in total. The smallest absolute Gasteiger partial charge is 0.240 e. The molecule has 3 heterocycles. The predicted octanol–water partition coefficient (Wildman–Crippen LogP) is 3.78. The summed E-state index contributed by atoms with van der Waals surface area (Å²) in [4.78, 5) is 30.9. The van der Waals surface area contributed by atoms with Crippen LogP contribution in [0.25, 0.3) is 22.0 Å². The number of amides is 2. The maximum Gasteiger partial charge on any atom is 0.240 e. The second kappa shape index (κ2) is 8.73. The minimum absolute atomic E-state index is 0.0510. The van der Waals surface area contributed by atoms with E-state index in [0.717, 1.165) is 51.2 Å². The zero-order valence-corrected chi connectivity index (χ0v) is 18.9. The summed E-state index contributed by atoms with van der Waals surface area (Å²) in [5, 5.41) is 4.12. The summed E-state index contributed by atoms with van der Waals surface area (Å²) in [5.41, 5.74) is 4.76. The standard InChI is InChI=1S/C26H27N3O4/c1-16-5-7-19-18(8-10-23(32-2)26(19)27-16)17-6-9-22-20(14-17)21(11-13-33-22)28-24(30)15-29-12-3-4-25(29)31/h5-10,14,21H,3-4,11-13,15H2,1-2H3,(H,28,30). The summed E-state index contributed by atoms with van der Waals surface area (Å²) in [7, 11) is 1.65.